The van der Waals surface area contributed by atoms with Crippen LogP contribution in [0.5, 0.6) is 0 Å². The van der Waals surface area contributed by atoms with E-state index in [1.807, 2.05) is 0 Å². The van der Waals surface area contributed by atoms with Gasteiger partial charge in [-0.05, 0) is 95.7 Å². The van der Waals surface area contributed by atoms with Gasteiger partial charge in [-0.15, -0.1) is 0 Å². The average Bonchev–Trinajstić information content (AvgIpc) is 3.14. The van der Waals surface area contributed by atoms with Crippen molar-refractivity contribution in [1.29, 1.82) is 0 Å². The molecule has 47 heavy (non-hydrogen) atoms. The number of nitrogens with zero attached hydrogens (tertiary/aromatic N) is 2. The van der Waals surface area contributed by atoms with Gasteiger partial charge in [-0.2, -0.15) is 0 Å². The van der Waals surface area contributed by atoms with Crippen LogP contribution in [0.4, 0.5) is 45.5 Å². The second-order valence-corrected chi connectivity index (χ2v) is 11.6. The normalized spacial score (nSPS) is 11.0. The summed E-state index contributed by atoms with van der Waals surface area (Å²) in [5.41, 5.74) is 8.80. The molecule has 0 radical (unpaired) electrons. The quantitative estimate of drug-likeness (QED) is 0.186. The van der Waals surface area contributed by atoms with E-state index in [0.29, 0.717) is 0 Å². The van der Waals surface area contributed by atoms with Crippen molar-refractivity contribution in [3.8, 4) is 0 Å². The summed E-state index contributed by atoms with van der Waals surface area (Å²) >= 11 is 0. The third kappa shape index (κ3) is 5.67. The highest BCUT2D eigenvalue weighted by atomic mass is 15.1. The first-order chi connectivity index (χ1) is 23.3. The third-order valence-electron chi connectivity index (χ3n) is 8.58. The molecule has 0 fully saturated rings. The van der Waals surface area contributed by atoms with Gasteiger partial charge in [0.2, 0.25) is 0 Å². The molecule has 0 bridgehead atoms. The van der Waals surface area contributed by atoms with E-state index in [-0.39, 0.29) is 0 Å². The molecule has 0 saturated carbocycles. The highest BCUT2D eigenvalue weighted by molar-refractivity contribution is 6.00. The van der Waals surface area contributed by atoms with E-state index in [1.165, 1.54) is 21.5 Å². The van der Waals surface area contributed by atoms with E-state index in [1.54, 1.807) is 0 Å². The van der Waals surface area contributed by atoms with Crippen LogP contribution in [0.2, 0.25) is 0 Å². The van der Waals surface area contributed by atoms with Gasteiger partial charge in [-0.25, -0.2) is 0 Å². The second-order valence-electron chi connectivity index (χ2n) is 11.6. The Morgan fingerprint density at radius 2 is 0.617 bits per heavy atom. The zero-order valence-electron chi connectivity index (χ0n) is 25.9. The predicted molar refractivity (Wildman–Crippen MR) is 201 cm³/mol. The van der Waals surface area contributed by atoms with Crippen LogP contribution in [0, 0.1) is 0 Å². The summed E-state index contributed by atoms with van der Waals surface area (Å²) in [4.78, 5) is 4.65. The fourth-order valence-corrected chi connectivity index (χ4v) is 6.37. The smallest absolute Gasteiger partial charge is 0.0540 e. The van der Waals surface area contributed by atoms with Crippen molar-refractivity contribution < 1.29 is 0 Å². The number of nitrogens with one attached hydrogen (secondary N) is 1. The monoisotopic (exact) mass is 603 g/mol. The lowest BCUT2D eigenvalue weighted by atomic mass is 10.1. The van der Waals surface area contributed by atoms with E-state index >= 15 is 0 Å². The first kappa shape index (κ1) is 28.2. The second kappa shape index (κ2) is 12.6. The first-order valence-electron chi connectivity index (χ1n) is 15.9. The number of rotatable bonds is 8. The molecule has 0 aliphatic heterocycles. The maximum atomic E-state index is 3.62. The molecule has 0 heterocycles. The number of hydrogen-bond acceptors (Lipinski definition) is 3. The summed E-state index contributed by atoms with van der Waals surface area (Å²) in [6, 6.07) is 68.6. The summed E-state index contributed by atoms with van der Waals surface area (Å²) in [7, 11) is 0. The van der Waals surface area contributed by atoms with Gasteiger partial charge in [0.15, 0.2) is 0 Å². The lowest BCUT2D eigenvalue weighted by Crippen LogP contribution is -2.10. The molecule has 3 heteroatoms. The minimum absolute atomic E-state index is 1.03. The topological polar surface area (TPSA) is 18.5 Å². The number of anilines is 8. The van der Waals surface area contributed by atoms with Crippen molar-refractivity contribution in [1.82, 2.24) is 0 Å². The lowest BCUT2D eigenvalue weighted by molar-refractivity contribution is 1.29. The van der Waals surface area contributed by atoms with E-state index in [2.05, 4.69) is 209 Å². The van der Waals surface area contributed by atoms with E-state index in [0.717, 1.165) is 45.5 Å². The maximum absolute atomic E-state index is 3.62. The molecule has 8 rings (SSSR count). The Labute approximate surface area is 275 Å². The van der Waals surface area contributed by atoms with E-state index in [9.17, 15) is 0 Å². The molecule has 0 unspecified atom stereocenters. The molecule has 1 N–H and O–H groups in total. The van der Waals surface area contributed by atoms with Gasteiger partial charge in [0.1, 0.15) is 0 Å². The summed E-state index contributed by atoms with van der Waals surface area (Å²) < 4.78 is 0. The zero-order chi connectivity index (χ0) is 31.4. The van der Waals surface area contributed by atoms with Gasteiger partial charge >= 0.3 is 0 Å². The molecular weight excluding hydrogens is 571 g/mol. The van der Waals surface area contributed by atoms with Crippen LogP contribution in [-0.2, 0) is 0 Å². The van der Waals surface area contributed by atoms with Crippen LogP contribution in [-0.4, -0.2) is 0 Å². The van der Waals surface area contributed by atoms with Gasteiger partial charge in [0.25, 0.3) is 0 Å². The fourth-order valence-electron chi connectivity index (χ4n) is 6.37. The Kier molecular flexibility index (Phi) is 7.54. The van der Waals surface area contributed by atoms with Gasteiger partial charge in [0, 0.05) is 44.9 Å². The lowest BCUT2D eigenvalue weighted by Gasteiger charge is -2.27. The molecule has 8 aromatic carbocycles. The van der Waals surface area contributed by atoms with Crippen molar-refractivity contribution in [3.63, 3.8) is 0 Å². The summed E-state index contributed by atoms with van der Waals surface area (Å²) in [6.45, 7) is 0. The number of fused-ring (bicyclic) bond motifs is 2. The molecule has 3 nitrogen and oxygen atoms in total. The van der Waals surface area contributed by atoms with Crippen LogP contribution < -0.4 is 15.1 Å². The molecule has 0 spiro atoms. The Bertz CT molecular complexity index is 2090. The van der Waals surface area contributed by atoms with Crippen molar-refractivity contribution >= 4 is 67.0 Å². The third-order valence-corrected chi connectivity index (χ3v) is 8.58. The molecule has 0 aromatic heterocycles. The highest BCUT2D eigenvalue weighted by Gasteiger charge is 2.16. The van der Waals surface area contributed by atoms with Crippen LogP contribution in [0.25, 0.3) is 21.5 Å². The summed E-state index contributed by atoms with van der Waals surface area (Å²) in [6.07, 6.45) is 0. The molecule has 8 aromatic rings. The summed E-state index contributed by atoms with van der Waals surface area (Å²) in [5.74, 6) is 0. The van der Waals surface area contributed by atoms with Crippen molar-refractivity contribution in [2.24, 2.45) is 0 Å². The Hall–Kier alpha value is -6.32. The molecular formula is C44H33N3. The zero-order valence-corrected chi connectivity index (χ0v) is 25.9. The van der Waals surface area contributed by atoms with Crippen molar-refractivity contribution in [2.75, 3.05) is 15.1 Å². The molecule has 0 saturated heterocycles. The molecule has 0 atom stereocenters. The van der Waals surface area contributed by atoms with E-state index < -0.39 is 0 Å². The van der Waals surface area contributed by atoms with Crippen molar-refractivity contribution in [2.45, 2.75) is 0 Å². The highest BCUT2D eigenvalue weighted by Crippen LogP contribution is 2.41. The van der Waals surface area contributed by atoms with Gasteiger partial charge in [0.05, 0.1) is 11.4 Å². The molecule has 0 amide bonds. The molecule has 0 aliphatic rings. The maximum Gasteiger partial charge on any atom is 0.0540 e. The predicted octanol–water partition coefficient (Wildman–Crippen LogP) is 12.7. The van der Waals surface area contributed by atoms with Crippen molar-refractivity contribution in [3.05, 3.63) is 194 Å². The SMILES string of the molecule is c1ccc(N(c2ccc(Nc3ccc(N(c4ccccc4)c4cccc5ccccc45)cc3)cc2)c2cccc3ccccc23)cc1. The average molecular weight is 604 g/mol. The summed E-state index contributed by atoms with van der Waals surface area (Å²) in [5, 5.41) is 8.49. The Morgan fingerprint density at radius 1 is 0.277 bits per heavy atom. The molecule has 224 valence electrons. The number of para-hydroxylation sites is 2. The number of hydrogen-bond donors (Lipinski definition) is 1. The van der Waals surface area contributed by atoms with Gasteiger partial charge in [-0.1, -0.05) is 109 Å². The Morgan fingerprint density at radius 3 is 1.04 bits per heavy atom. The largest absolute Gasteiger partial charge is 0.356 e. The van der Waals surface area contributed by atoms with Crippen LogP contribution >= 0.6 is 0 Å². The minimum atomic E-state index is 1.03. The van der Waals surface area contributed by atoms with Gasteiger partial charge in [-0.3, -0.25) is 0 Å². The van der Waals surface area contributed by atoms with Crippen LogP contribution in [0.1, 0.15) is 0 Å². The Balaban J connectivity index is 1.10. The standard InChI is InChI=1S/C44H33N3/c1-3-17-37(18-4-1)46(43-23-11-15-33-13-7-9-21-41(33)43)39-29-25-35(26-30-39)45-36-27-31-40(32-28-36)47(38-19-5-2-6-20-38)44-24-12-16-34-14-8-10-22-42(34)44/h1-32,45H. The molecule has 0 aliphatic carbocycles. The fraction of sp³-hybridized carbons (Fsp3) is 0. The first-order valence-corrected chi connectivity index (χ1v) is 15.9. The van der Waals surface area contributed by atoms with Crippen LogP contribution in [0.15, 0.2) is 194 Å². The van der Waals surface area contributed by atoms with Crippen LogP contribution in [0.3, 0.4) is 0 Å². The van der Waals surface area contributed by atoms with Gasteiger partial charge < -0.3 is 15.1 Å². The number of benzene rings is 8. The van der Waals surface area contributed by atoms with E-state index in [4.69, 9.17) is 0 Å². The minimum Gasteiger partial charge on any atom is -0.356 e.